The van der Waals surface area contributed by atoms with E-state index < -0.39 is 0 Å². The lowest BCUT2D eigenvalue weighted by atomic mass is 9.97. The van der Waals surface area contributed by atoms with E-state index in [0.717, 1.165) is 11.9 Å². The summed E-state index contributed by atoms with van der Waals surface area (Å²) in [6.07, 6.45) is 5.67. The Kier molecular flexibility index (Phi) is 2.69. The van der Waals surface area contributed by atoms with Gasteiger partial charge in [0.05, 0.1) is 11.0 Å². The molecule has 6 rings (SSSR count). The van der Waals surface area contributed by atoms with Crippen molar-refractivity contribution < 1.29 is 0 Å². The fourth-order valence-electron chi connectivity index (χ4n) is 4.76. The number of aromatic nitrogens is 2. The third kappa shape index (κ3) is 1.93. The molecule has 0 aliphatic carbocycles. The first-order valence-electron chi connectivity index (χ1n) is 9.11. The molecular weight excluding hydrogens is 306 g/mol. The van der Waals surface area contributed by atoms with Gasteiger partial charge in [-0.15, -0.1) is 0 Å². The van der Waals surface area contributed by atoms with E-state index in [1.165, 1.54) is 51.5 Å². The summed E-state index contributed by atoms with van der Waals surface area (Å²) in [7, 11) is 0. The Labute approximate surface area is 146 Å². The van der Waals surface area contributed by atoms with E-state index in [2.05, 4.69) is 57.7 Å². The highest BCUT2D eigenvalue weighted by molar-refractivity contribution is 5.98. The van der Waals surface area contributed by atoms with Crippen molar-refractivity contribution in [3.8, 4) is 11.1 Å². The number of H-pyrrole nitrogens is 1. The zero-order valence-corrected chi connectivity index (χ0v) is 13.9. The molecule has 1 saturated heterocycles. The molecule has 2 atom stereocenters. The van der Waals surface area contributed by atoms with Crippen molar-refractivity contribution in [3.63, 3.8) is 0 Å². The van der Waals surface area contributed by atoms with Crippen molar-refractivity contribution in [3.05, 3.63) is 66.0 Å². The van der Waals surface area contributed by atoms with Gasteiger partial charge in [-0.2, -0.15) is 0 Å². The molecule has 0 spiro atoms. The Balaban J connectivity index is 1.59. The lowest BCUT2D eigenvalue weighted by molar-refractivity contribution is 0.513. The Bertz CT molecular complexity index is 1120. The van der Waals surface area contributed by atoms with Gasteiger partial charge in [0.15, 0.2) is 0 Å². The van der Waals surface area contributed by atoms with Gasteiger partial charge in [-0.05, 0) is 30.5 Å². The molecule has 4 aromatic rings. The maximum atomic E-state index is 4.66. The summed E-state index contributed by atoms with van der Waals surface area (Å²) in [5.41, 5.74) is 7.67. The first-order chi connectivity index (χ1) is 12.4. The molecule has 2 N–H and O–H groups in total. The number of pyridine rings is 1. The molecule has 2 aliphatic rings. The predicted octanol–water partition coefficient (Wildman–Crippen LogP) is 4.73. The second-order valence-corrected chi connectivity index (χ2v) is 7.36. The van der Waals surface area contributed by atoms with Crippen LogP contribution in [0.15, 0.2) is 54.7 Å². The number of fused-ring (bicyclic) bond motifs is 7. The minimum atomic E-state index is 0.521. The summed E-state index contributed by atoms with van der Waals surface area (Å²) in [4.78, 5) is 8.42. The van der Waals surface area contributed by atoms with E-state index in [1.807, 2.05) is 12.3 Å². The highest BCUT2D eigenvalue weighted by Crippen LogP contribution is 2.42. The van der Waals surface area contributed by atoms with Crippen molar-refractivity contribution in [2.45, 2.75) is 31.3 Å². The predicted molar refractivity (Wildman–Crippen MR) is 102 cm³/mol. The number of hydrogen-bond donors (Lipinski definition) is 2. The van der Waals surface area contributed by atoms with Crippen LogP contribution in [0.5, 0.6) is 0 Å². The zero-order valence-electron chi connectivity index (χ0n) is 13.9. The molecule has 122 valence electrons. The molecule has 0 saturated carbocycles. The van der Waals surface area contributed by atoms with Crippen LogP contribution in [0.1, 0.15) is 30.1 Å². The zero-order chi connectivity index (χ0) is 16.4. The van der Waals surface area contributed by atoms with Gasteiger partial charge in [-0.3, -0.25) is 4.98 Å². The molecule has 0 radical (unpaired) electrons. The smallest absolute Gasteiger partial charge is 0.0702 e. The van der Waals surface area contributed by atoms with E-state index in [0.29, 0.717) is 12.1 Å². The Morgan fingerprint density at radius 2 is 1.96 bits per heavy atom. The van der Waals surface area contributed by atoms with Crippen LogP contribution >= 0.6 is 0 Å². The molecule has 4 heterocycles. The third-order valence-corrected chi connectivity index (χ3v) is 5.90. The number of nitrogens with one attached hydrogen (secondary N) is 2. The first kappa shape index (κ1) is 13.6. The van der Waals surface area contributed by atoms with Gasteiger partial charge < -0.3 is 10.3 Å². The second-order valence-electron chi connectivity index (χ2n) is 7.36. The van der Waals surface area contributed by atoms with Crippen LogP contribution in [0.3, 0.4) is 0 Å². The van der Waals surface area contributed by atoms with Crippen molar-refractivity contribution in [2.75, 3.05) is 0 Å². The minimum absolute atomic E-state index is 0.521. The van der Waals surface area contributed by atoms with E-state index in [4.69, 9.17) is 0 Å². The van der Waals surface area contributed by atoms with E-state index in [9.17, 15) is 0 Å². The number of nitrogens with zero attached hydrogens (tertiary/aromatic N) is 1. The van der Waals surface area contributed by atoms with Crippen LogP contribution in [0.4, 0.5) is 0 Å². The molecular formula is C22H19N3. The summed E-state index contributed by atoms with van der Waals surface area (Å²) in [5, 5.41) is 6.34. The second kappa shape index (κ2) is 4.93. The summed E-state index contributed by atoms with van der Waals surface area (Å²) in [6, 6.07) is 18.4. The topological polar surface area (TPSA) is 40.7 Å². The number of aromatic amines is 1. The van der Waals surface area contributed by atoms with Crippen molar-refractivity contribution in [2.24, 2.45) is 0 Å². The van der Waals surface area contributed by atoms with Crippen LogP contribution in [0, 0.1) is 0 Å². The molecule has 2 aliphatic heterocycles. The number of benzene rings is 2. The van der Waals surface area contributed by atoms with Crippen molar-refractivity contribution >= 4 is 21.8 Å². The summed E-state index contributed by atoms with van der Waals surface area (Å²) >= 11 is 0. The van der Waals surface area contributed by atoms with E-state index >= 15 is 0 Å². The van der Waals surface area contributed by atoms with Crippen LogP contribution in [-0.2, 0) is 6.42 Å². The average Bonchev–Trinajstić information content (AvgIpc) is 3.22. The number of hydrogen-bond acceptors (Lipinski definition) is 2. The maximum Gasteiger partial charge on any atom is 0.0702 e. The average molecular weight is 325 g/mol. The molecule has 1 fully saturated rings. The molecule has 25 heavy (non-hydrogen) atoms. The molecule has 3 heteroatoms. The highest BCUT2D eigenvalue weighted by Gasteiger charge is 2.34. The van der Waals surface area contributed by atoms with E-state index in [-0.39, 0.29) is 0 Å². The monoisotopic (exact) mass is 325 g/mol. The molecule has 2 aromatic carbocycles. The van der Waals surface area contributed by atoms with Crippen LogP contribution in [0.25, 0.3) is 32.9 Å². The van der Waals surface area contributed by atoms with Crippen molar-refractivity contribution in [1.82, 2.24) is 15.3 Å². The van der Waals surface area contributed by atoms with Gasteiger partial charge in [0.25, 0.3) is 0 Å². The quantitative estimate of drug-likeness (QED) is 0.531. The first-order valence-corrected chi connectivity index (χ1v) is 9.11. The molecule has 2 unspecified atom stereocenters. The van der Waals surface area contributed by atoms with Gasteiger partial charge in [0.1, 0.15) is 0 Å². The normalized spacial score (nSPS) is 21.8. The Morgan fingerprint density at radius 3 is 2.96 bits per heavy atom. The van der Waals surface area contributed by atoms with Gasteiger partial charge in [-0.25, -0.2) is 0 Å². The van der Waals surface area contributed by atoms with E-state index in [1.54, 1.807) is 0 Å². The van der Waals surface area contributed by atoms with Gasteiger partial charge >= 0.3 is 0 Å². The third-order valence-electron chi connectivity index (χ3n) is 5.90. The standard InChI is InChI=1S/C22H19N3/c1-2-7-18-13(4-1)10-14(12-23-18)16-5-3-6-17-21-19-9-8-15(24-19)11-20(21)25-22(16)17/h1-7,10,12,15,19,24-25H,8-9,11H2. The number of para-hydroxylation sites is 2. The summed E-state index contributed by atoms with van der Waals surface area (Å²) in [5.74, 6) is 0. The van der Waals surface area contributed by atoms with Gasteiger partial charge in [-0.1, -0.05) is 36.4 Å². The highest BCUT2D eigenvalue weighted by atomic mass is 15.0. The fourth-order valence-corrected chi connectivity index (χ4v) is 4.76. The Hall–Kier alpha value is -2.65. The Morgan fingerprint density at radius 1 is 1.00 bits per heavy atom. The molecule has 0 amide bonds. The lowest BCUT2D eigenvalue weighted by Crippen LogP contribution is -2.31. The molecule has 3 nitrogen and oxygen atoms in total. The van der Waals surface area contributed by atoms with Crippen LogP contribution in [0.2, 0.25) is 0 Å². The maximum absolute atomic E-state index is 4.66. The minimum Gasteiger partial charge on any atom is -0.358 e. The fraction of sp³-hybridized carbons (Fsp3) is 0.227. The molecule has 2 aromatic heterocycles. The van der Waals surface area contributed by atoms with Crippen molar-refractivity contribution in [1.29, 1.82) is 0 Å². The van der Waals surface area contributed by atoms with Crippen LogP contribution in [-0.4, -0.2) is 16.0 Å². The van der Waals surface area contributed by atoms with Gasteiger partial charge in [0, 0.05) is 52.3 Å². The summed E-state index contributed by atoms with van der Waals surface area (Å²) < 4.78 is 0. The molecule has 2 bridgehead atoms. The summed E-state index contributed by atoms with van der Waals surface area (Å²) in [6.45, 7) is 0. The lowest BCUT2D eigenvalue weighted by Gasteiger charge is -2.21. The number of rotatable bonds is 1. The largest absolute Gasteiger partial charge is 0.358 e. The van der Waals surface area contributed by atoms with Crippen LogP contribution < -0.4 is 5.32 Å². The van der Waals surface area contributed by atoms with Gasteiger partial charge in [0.2, 0.25) is 0 Å². The SMILES string of the molecule is c1ccc2ncc(-c3cccc4c5c([nH]c34)CC3CCC5N3)cc2c1.